The summed E-state index contributed by atoms with van der Waals surface area (Å²) in [5.41, 5.74) is 1.51. The average Bonchev–Trinajstić information content (AvgIpc) is 2.51. The molecule has 0 spiro atoms. The van der Waals surface area contributed by atoms with Gasteiger partial charge in [0.05, 0.1) is 11.2 Å². The number of hydrogen-bond donors (Lipinski definition) is 2. The van der Waals surface area contributed by atoms with E-state index in [0.717, 1.165) is 23.9 Å². The van der Waals surface area contributed by atoms with Crippen molar-refractivity contribution in [3.05, 3.63) is 36.5 Å². The van der Waals surface area contributed by atoms with Crippen LogP contribution in [0.4, 0.5) is 10.5 Å². The fourth-order valence-corrected chi connectivity index (χ4v) is 2.07. The van der Waals surface area contributed by atoms with Gasteiger partial charge in [-0.25, -0.2) is 4.79 Å². The fraction of sp³-hybridized carbons (Fsp3) is 0.412. The Morgan fingerprint density at radius 1 is 1.27 bits per heavy atom. The minimum absolute atomic E-state index is 0.220. The molecule has 0 saturated carbocycles. The van der Waals surface area contributed by atoms with E-state index in [1.54, 1.807) is 6.20 Å². The Labute approximate surface area is 131 Å². The monoisotopic (exact) mass is 301 g/mol. The fourth-order valence-electron chi connectivity index (χ4n) is 2.07. The Bertz CT molecular complexity index is 608. The molecule has 0 aliphatic heterocycles. The molecule has 0 unspecified atom stereocenters. The number of benzene rings is 1. The second-order valence-corrected chi connectivity index (χ2v) is 5.58. The number of carbonyl (C=O) groups is 1. The molecule has 118 valence electrons. The van der Waals surface area contributed by atoms with Crippen molar-refractivity contribution in [1.29, 1.82) is 0 Å². The quantitative estimate of drug-likeness (QED) is 0.770. The normalized spacial score (nSPS) is 10.9. The van der Waals surface area contributed by atoms with E-state index in [2.05, 4.69) is 29.5 Å². The number of fused-ring (bicyclic) bond motifs is 1. The highest BCUT2D eigenvalue weighted by Gasteiger charge is 2.05. The summed E-state index contributed by atoms with van der Waals surface area (Å²) >= 11 is 0. The molecule has 22 heavy (non-hydrogen) atoms. The van der Waals surface area contributed by atoms with Gasteiger partial charge in [-0.1, -0.05) is 32.0 Å². The van der Waals surface area contributed by atoms with Crippen molar-refractivity contribution in [2.75, 3.05) is 25.1 Å². The summed E-state index contributed by atoms with van der Waals surface area (Å²) in [4.78, 5) is 16.2. The van der Waals surface area contributed by atoms with Crippen molar-refractivity contribution >= 4 is 22.6 Å². The number of aromatic nitrogens is 1. The molecule has 0 atom stereocenters. The number of rotatable bonds is 7. The number of ether oxygens (including phenoxy) is 1. The van der Waals surface area contributed by atoms with Gasteiger partial charge in [0.1, 0.15) is 0 Å². The molecule has 5 nitrogen and oxygen atoms in total. The van der Waals surface area contributed by atoms with Crippen LogP contribution in [0.5, 0.6) is 0 Å². The van der Waals surface area contributed by atoms with E-state index in [1.807, 2.05) is 30.3 Å². The van der Waals surface area contributed by atoms with Crippen LogP contribution in [-0.2, 0) is 4.74 Å². The lowest BCUT2D eigenvalue weighted by Gasteiger charge is -2.10. The SMILES string of the molecule is CC(C)COCCCNC(=O)Nc1cccc2cccnc12. The largest absolute Gasteiger partial charge is 0.381 e. The van der Waals surface area contributed by atoms with E-state index in [0.29, 0.717) is 24.8 Å². The van der Waals surface area contributed by atoms with Crippen LogP contribution < -0.4 is 10.6 Å². The summed E-state index contributed by atoms with van der Waals surface area (Å²) in [6.07, 6.45) is 2.52. The number of anilines is 1. The third kappa shape index (κ3) is 5.00. The number of urea groups is 1. The molecular weight excluding hydrogens is 278 g/mol. The first-order valence-electron chi connectivity index (χ1n) is 7.63. The van der Waals surface area contributed by atoms with Gasteiger partial charge in [0, 0.05) is 31.3 Å². The number of nitrogens with zero attached hydrogens (tertiary/aromatic N) is 1. The minimum Gasteiger partial charge on any atom is -0.381 e. The Balaban J connectivity index is 1.77. The van der Waals surface area contributed by atoms with Gasteiger partial charge in [-0.05, 0) is 24.5 Å². The van der Waals surface area contributed by atoms with Crippen LogP contribution in [0.1, 0.15) is 20.3 Å². The standard InChI is InChI=1S/C17H23N3O2/c1-13(2)12-22-11-5-10-19-17(21)20-15-8-3-6-14-7-4-9-18-16(14)15/h3-4,6-9,13H,5,10-12H2,1-2H3,(H2,19,20,21). The molecule has 1 aromatic carbocycles. The van der Waals surface area contributed by atoms with E-state index >= 15 is 0 Å². The lowest BCUT2D eigenvalue weighted by molar-refractivity contribution is 0.108. The molecule has 2 amide bonds. The van der Waals surface area contributed by atoms with Crippen molar-refractivity contribution in [3.63, 3.8) is 0 Å². The maximum Gasteiger partial charge on any atom is 0.319 e. The third-order valence-electron chi connectivity index (χ3n) is 3.08. The van der Waals surface area contributed by atoms with Crippen molar-refractivity contribution < 1.29 is 9.53 Å². The Kier molecular flexibility index (Phi) is 6.15. The average molecular weight is 301 g/mol. The van der Waals surface area contributed by atoms with Crippen molar-refractivity contribution in [2.24, 2.45) is 5.92 Å². The van der Waals surface area contributed by atoms with Crippen LogP contribution in [0.2, 0.25) is 0 Å². The molecule has 0 radical (unpaired) electrons. The second-order valence-electron chi connectivity index (χ2n) is 5.58. The molecule has 0 saturated heterocycles. The predicted molar refractivity (Wildman–Crippen MR) is 89.0 cm³/mol. The maximum absolute atomic E-state index is 11.9. The first-order valence-corrected chi connectivity index (χ1v) is 7.63. The summed E-state index contributed by atoms with van der Waals surface area (Å²) in [6, 6.07) is 9.35. The number of hydrogen-bond acceptors (Lipinski definition) is 3. The second kappa shape index (κ2) is 8.34. The van der Waals surface area contributed by atoms with Gasteiger partial charge in [0.15, 0.2) is 0 Å². The van der Waals surface area contributed by atoms with Crippen molar-refractivity contribution in [1.82, 2.24) is 10.3 Å². The molecule has 0 bridgehead atoms. The van der Waals surface area contributed by atoms with E-state index in [-0.39, 0.29) is 6.03 Å². The molecule has 0 aliphatic rings. The van der Waals surface area contributed by atoms with Crippen LogP contribution >= 0.6 is 0 Å². The summed E-state index contributed by atoms with van der Waals surface area (Å²) in [7, 11) is 0. The van der Waals surface area contributed by atoms with Crippen LogP contribution in [0.25, 0.3) is 10.9 Å². The number of amides is 2. The first kappa shape index (κ1) is 16.2. The molecular formula is C17H23N3O2. The van der Waals surface area contributed by atoms with E-state index < -0.39 is 0 Å². The Morgan fingerprint density at radius 3 is 2.91 bits per heavy atom. The highest BCUT2D eigenvalue weighted by molar-refractivity contribution is 5.99. The molecule has 5 heteroatoms. The molecule has 0 fully saturated rings. The highest BCUT2D eigenvalue weighted by atomic mass is 16.5. The first-order chi connectivity index (χ1) is 10.7. The summed E-state index contributed by atoms with van der Waals surface area (Å²) < 4.78 is 5.47. The zero-order valence-electron chi connectivity index (χ0n) is 13.1. The number of carbonyl (C=O) groups excluding carboxylic acids is 1. The molecule has 2 rings (SSSR count). The van der Waals surface area contributed by atoms with Gasteiger partial charge in [0.25, 0.3) is 0 Å². The van der Waals surface area contributed by atoms with Crippen molar-refractivity contribution in [3.8, 4) is 0 Å². The zero-order chi connectivity index (χ0) is 15.8. The molecule has 0 aliphatic carbocycles. The van der Waals surface area contributed by atoms with Crippen molar-refractivity contribution in [2.45, 2.75) is 20.3 Å². The number of nitrogens with one attached hydrogen (secondary N) is 2. The Hall–Kier alpha value is -2.14. The molecule has 2 N–H and O–H groups in total. The van der Waals surface area contributed by atoms with Crippen LogP contribution in [0.3, 0.4) is 0 Å². The third-order valence-corrected chi connectivity index (χ3v) is 3.08. The van der Waals surface area contributed by atoms with E-state index in [9.17, 15) is 4.79 Å². The van der Waals surface area contributed by atoms with Gasteiger partial charge in [0.2, 0.25) is 0 Å². The van der Waals surface area contributed by atoms with E-state index in [1.165, 1.54) is 0 Å². The topological polar surface area (TPSA) is 63.2 Å². The lowest BCUT2D eigenvalue weighted by atomic mass is 10.2. The van der Waals surface area contributed by atoms with Crippen LogP contribution in [0.15, 0.2) is 36.5 Å². The lowest BCUT2D eigenvalue weighted by Crippen LogP contribution is -2.30. The van der Waals surface area contributed by atoms with Gasteiger partial charge in [-0.3, -0.25) is 4.98 Å². The Morgan fingerprint density at radius 2 is 2.09 bits per heavy atom. The number of para-hydroxylation sites is 1. The van der Waals surface area contributed by atoms with Crippen LogP contribution in [0, 0.1) is 5.92 Å². The highest BCUT2D eigenvalue weighted by Crippen LogP contribution is 2.20. The van der Waals surface area contributed by atoms with Gasteiger partial charge in [-0.2, -0.15) is 0 Å². The predicted octanol–water partition coefficient (Wildman–Crippen LogP) is 3.42. The van der Waals surface area contributed by atoms with Gasteiger partial charge >= 0.3 is 6.03 Å². The summed E-state index contributed by atoms with van der Waals surface area (Å²) in [6.45, 7) is 6.23. The summed E-state index contributed by atoms with van der Waals surface area (Å²) in [5.74, 6) is 0.537. The molecule has 1 heterocycles. The van der Waals surface area contributed by atoms with Crippen LogP contribution in [-0.4, -0.2) is 30.8 Å². The maximum atomic E-state index is 11.9. The van der Waals surface area contributed by atoms with Gasteiger partial charge in [-0.15, -0.1) is 0 Å². The van der Waals surface area contributed by atoms with Gasteiger partial charge < -0.3 is 15.4 Å². The number of pyridine rings is 1. The molecule has 2 aromatic rings. The van der Waals surface area contributed by atoms with E-state index in [4.69, 9.17) is 4.74 Å². The smallest absolute Gasteiger partial charge is 0.319 e. The minimum atomic E-state index is -0.220. The summed E-state index contributed by atoms with van der Waals surface area (Å²) in [5, 5.41) is 6.67. The molecule has 1 aromatic heterocycles. The zero-order valence-corrected chi connectivity index (χ0v) is 13.1.